The van der Waals surface area contributed by atoms with Crippen LogP contribution < -0.4 is 5.32 Å². The van der Waals surface area contributed by atoms with Gasteiger partial charge in [0.15, 0.2) is 0 Å². The van der Waals surface area contributed by atoms with Crippen molar-refractivity contribution in [3.8, 4) is 0 Å². The summed E-state index contributed by atoms with van der Waals surface area (Å²) in [6.45, 7) is 11.2. The number of rotatable bonds is 2. The molecular formula is C14H23N. The molecule has 1 heteroatoms. The molecule has 0 saturated carbocycles. The van der Waals surface area contributed by atoms with Gasteiger partial charge in [-0.05, 0) is 43.0 Å². The molecule has 15 heavy (non-hydrogen) atoms. The van der Waals surface area contributed by atoms with Crippen molar-refractivity contribution in [3.05, 3.63) is 34.9 Å². The summed E-state index contributed by atoms with van der Waals surface area (Å²) in [5.74, 6) is 0. The smallest absolute Gasteiger partial charge is 0.0369 e. The van der Waals surface area contributed by atoms with Crippen molar-refractivity contribution in [1.29, 1.82) is 0 Å². The Kier molecular flexibility index (Phi) is 3.56. The fourth-order valence-corrected chi connectivity index (χ4v) is 2.14. The summed E-state index contributed by atoms with van der Waals surface area (Å²) in [5, 5.41) is 3.43. The molecular weight excluding hydrogens is 182 g/mol. The molecule has 0 aliphatic carbocycles. The SMILES string of the molecule is CNC(c1cccc(C)c1C)C(C)(C)C. The summed E-state index contributed by atoms with van der Waals surface area (Å²) >= 11 is 0. The lowest BCUT2D eigenvalue weighted by Gasteiger charge is -2.32. The molecule has 0 heterocycles. The van der Waals surface area contributed by atoms with Gasteiger partial charge >= 0.3 is 0 Å². The van der Waals surface area contributed by atoms with Crippen molar-refractivity contribution in [3.63, 3.8) is 0 Å². The highest BCUT2D eigenvalue weighted by molar-refractivity contribution is 5.36. The zero-order valence-corrected chi connectivity index (χ0v) is 10.8. The summed E-state index contributed by atoms with van der Waals surface area (Å²) < 4.78 is 0. The Bertz CT molecular complexity index is 334. The molecule has 1 aromatic rings. The maximum atomic E-state index is 3.43. The zero-order chi connectivity index (χ0) is 11.6. The third-order valence-electron chi connectivity index (χ3n) is 3.11. The minimum Gasteiger partial charge on any atom is -0.313 e. The molecule has 1 rings (SSSR count). The van der Waals surface area contributed by atoms with Gasteiger partial charge in [-0.3, -0.25) is 0 Å². The molecule has 0 spiro atoms. The van der Waals surface area contributed by atoms with Gasteiger partial charge in [0, 0.05) is 6.04 Å². The maximum Gasteiger partial charge on any atom is 0.0369 e. The van der Waals surface area contributed by atoms with Gasteiger partial charge in [0.05, 0.1) is 0 Å². The first-order valence-corrected chi connectivity index (χ1v) is 5.61. The second-order valence-electron chi connectivity index (χ2n) is 5.38. The van der Waals surface area contributed by atoms with E-state index >= 15 is 0 Å². The Hall–Kier alpha value is -0.820. The minimum atomic E-state index is 0.243. The maximum absolute atomic E-state index is 3.43. The lowest BCUT2D eigenvalue weighted by atomic mass is 9.80. The number of benzene rings is 1. The molecule has 0 saturated heterocycles. The normalized spacial score (nSPS) is 14.0. The van der Waals surface area contributed by atoms with Gasteiger partial charge in [-0.1, -0.05) is 39.0 Å². The van der Waals surface area contributed by atoms with E-state index in [1.807, 2.05) is 7.05 Å². The van der Waals surface area contributed by atoms with E-state index in [1.165, 1.54) is 16.7 Å². The monoisotopic (exact) mass is 205 g/mol. The van der Waals surface area contributed by atoms with E-state index < -0.39 is 0 Å². The van der Waals surface area contributed by atoms with Crippen LogP contribution in [-0.2, 0) is 0 Å². The molecule has 1 unspecified atom stereocenters. The predicted octanol–water partition coefficient (Wildman–Crippen LogP) is 3.61. The second-order valence-corrected chi connectivity index (χ2v) is 5.38. The van der Waals surface area contributed by atoms with Crippen LogP contribution in [0.1, 0.15) is 43.5 Å². The van der Waals surface area contributed by atoms with Gasteiger partial charge in [0.1, 0.15) is 0 Å². The standard InChI is InChI=1S/C14H23N/c1-10-8-7-9-12(11(10)2)13(15-6)14(3,4)5/h7-9,13,15H,1-6H3. The molecule has 1 aromatic carbocycles. The lowest BCUT2D eigenvalue weighted by Crippen LogP contribution is -2.30. The second kappa shape index (κ2) is 4.36. The van der Waals surface area contributed by atoms with E-state index in [0.717, 1.165) is 0 Å². The zero-order valence-electron chi connectivity index (χ0n) is 10.8. The number of hydrogen-bond acceptors (Lipinski definition) is 1. The molecule has 0 aliphatic heterocycles. The molecule has 84 valence electrons. The van der Waals surface area contributed by atoms with Crippen LogP contribution in [0.3, 0.4) is 0 Å². The van der Waals surface area contributed by atoms with Crippen molar-refractivity contribution >= 4 is 0 Å². The first-order valence-electron chi connectivity index (χ1n) is 5.61. The van der Waals surface area contributed by atoms with E-state index in [1.54, 1.807) is 0 Å². The number of aryl methyl sites for hydroxylation is 1. The number of hydrogen-bond donors (Lipinski definition) is 1. The van der Waals surface area contributed by atoms with E-state index in [0.29, 0.717) is 6.04 Å². The highest BCUT2D eigenvalue weighted by atomic mass is 14.9. The lowest BCUT2D eigenvalue weighted by molar-refractivity contribution is 0.286. The van der Waals surface area contributed by atoms with Crippen molar-refractivity contribution < 1.29 is 0 Å². The molecule has 1 N–H and O–H groups in total. The van der Waals surface area contributed by atoms with Crippen molar-refractivity contribution in [2.45, 2.75) is 40.7 Å². The Morgan fingerprint density at radius 2 is 1.73 bits per heavy atom. The highest BCUT2D eigenvalue weighted by Gasteiger charge is 2.25. The van der Waals surface area contributed by atoms with Gasteiger partial charge in [-0.2, -0.15) is 0 Å². The third kappa shape index (κ3) is 2.60. The average Bonchev–Trinajstić information content (AvgIpc) is 2.11. The molecule has 0 radical (unpaired) electrons. The molecule has 0 bridgehead atoms. The fourth-order valence-electron chi connectivity index (χ4n) is 2.14. The Labute approximate surface area is 93.9 Å². The van der Waals surface area contributed by atoms with Crippen LogP contribution in [0.15, 0.2) is 18.2 Å². The Morgan fingerprint density at radius 1 is 1.13 bits per heavy atom. The van der Waals surface area contributed by atoms with Crippen LogP contribution in [0.4, 0.5) is 0 Å². The molecule has 0 aromatic heterocycles. The van der Waals surface area contributed by atoms with E-state index in [2.05, 4.69) is 58.1 Å². The van der Waals surface area contributed by atoms with Gasteiger partial charge < -0.3 is 5.32 Å². The van der Waals surface area contributed by atoms with Gasteiger partial charge in [0.2, 0.25) is 0 Å². The Morgan fingerprint density at radius 3 is 2.20 bits per heavy atom. The molecule has 0 fully saturated rings. The Balaban J connectivity index is 3.19. The van der Waals surface area contributed by atoms with Crippen LogP contribution in [0.25, 0.3) is 0 Å². The van der Waals surface area contributed by atoms with Crippen molar-refractivity contribution in [1.82, 2.24) is 5.32 Å². The molecule has 1 nitrogen and oxygen atoms in total. The summed E-state index contributed by atoms with van der Waals surface area (Å²) in [4.78, 5) is 0. The van der Waals surface area contributed by atoms with Crippen LogP contribution in [-0.4, -0.2) is 7.05 Å². The predicted molar refractivity (Wildman–Crippen MR) is 67.2 cm³/mol. The third-order valence-corrected chi connectivity index (χ3v) is 3.11. The van der Waals surface area contributed by atoms with Crippen LogP contribution in [0, 0.1) is 19.3 Å². The summed E-state index contributed by atoms with van der Waals surface area (Å²) in [7, 11) is 2.04. The van der Waals surface area contributed by atoms with Crippen molar-refractivity contribution in [2.24, 2.45) is 5.41 Å². The quantitative estimate of drug-likeness (QED) is 0.777. The van der Waals surface area contributed by atoms with Crippen LogP contribution in [0.2, 0.25) is 0 Å². The van der Waals surface area contributed by atoms with Crippen LogP contribution >= 0.6 is 0 Å². The topological polar surface area (TPSA) is 12.0 Å². The van der Waals surface area contributed by atoms with Crippen molar-refractivity contribution in [2.75, 3.05) is 7.05 Å². The molecule has 1 atom stereocenters. The van der Waals surface area contributed by atoms with Gasteiger partial charge in [0.25, 0.3) is 0 Å². The van der Waals surface area contributed by atoms with E-state index in [-0.39, 0.29) is 5.41 Å². The minimum absolute atomic E-state index is 0.243. The number of nitrogens with one attached hydrogen (secondary N) is 1. The highest BCUT2D eigenvalue weighted by Crippen LogP contribution is 2.34. The summed E-state index contributed by atoms with van der Waals surface area (Å²) in [5.41, 5.74) is 4.45. The van der Waals surface area contributed by atoms with Crippen LogP contribution in [0.5, 0.6) is 0 Å². The van der Waals surface area contributed by atoms with Gasteiger partial charge in [-0.25, -0.2) is 0 Å². The summed E-state index contributed by atoms with van der Waals surface area (Å²) in [6.07, 6.45) is 0. The largest absolute Gasteiger partial charge is 0.313 e. The summed E-state index contributed by atoms with van der Waals surface area (Å²) in [6, 6.07) is 6.97. The van der Waals surface area contributed by atoms with E-state index in [4.69, 9.17) is 0 Å². The molecule has 0 aliphatic rings. The van der Waals surface area contributed by atoms with E-state index in [9.17, 15) is 0 Å². The first-order chi connectivity index (χ1) is 6.88. The molecule has 0 amide bonds. The fraction of sp³-hybridized carbons (Fsp3) is 0.571. The first kappa shape index (κ1) is 12.3. The average molecular weight is 205 g/mol. The van der Waals surface area contributed by atoms with Gasteiger partial charge in [-0.15, -0.1) is 0 Å².